The van der Waals surface area contributed by atoms with Gasteiger partial charge in [-0.15, -0.1) is 0 Å². The molecule has 0 unspecified atom stereocenters. The number of rotatable bonds is 3. The summed E-state index contributed by atoms with van der Waals surface area (Å²) in [5.41, 5.74) is -0.617. The van der Waals surface area contributed by atoms with Crippen molar-refractivity contribution < 1.29 is 19.4 Å². The number of aliphatic carboxylic acids is 1. The molecular weight excluding hydrogens is 226 g/mol. The second-order valence-corrected chi connectivity index (χ2v) is 4.40. The number of anilines is 1. The summed E-state index contributed by atoms with van der Waals surface area (Å²) in [6.07, 6.45) is 2.19. The van der Waals surface area contributed by atoms with E-state index in [0.717, 1.165) is 0 Å². The van der Waals surface area contributed by atoms with Gasteiger partial charge >= 0.3 is 12.1 Å². The van der Waals surface area contributed by atoms with Gasteiger partial charge in [0.15, 0.2) is 0 Å². The van der Waals surface area contributed by atoms with E-state index in [1.54, 1.807) is 20.8 Å². The Hall–Kier alpha value is -2.05. The van der Waals surface area contributed by atoms with Crippen LogP contribution in [0.3, 0.4) is 0 Å². The number of hydrogen-bond donors (Lipinski definition) is 2. The monoisotopic (exact) mass is 241 g/mol. The Morgan fingerprint density at radius 3 is 2.71 bits per heavy atom. The lowest BCUT2D eigenvalue weighted by Crippen LogP contribution is -2.28. The number of amides is 1. The molecule has 94 valence electrons. The lowest BCUT2D eigenvalue weighted by atomic mass is 10.2. The molecule has 0 aliphatic carbocycles. The third kappa shape index (κ3) is 4.54. The molecule has 0 radical (unpaired) electrons. The molecule has 1 rings (SSSR count). The molecule has 2 N–H and O–H groups in total. The van der Waals surface area contributed by atoms with Gasteiger partial charge in [0.05, 0.1) is 0 Å². The normalized spacial score (nSPS) is 11.0. The summed E-state index contributed by atoms with van der Waals surface area (Å²) in [7, 11) is 0. The van der Waals surface area contributed by atoms with Crippen LogP contribution in [0, 0.1) is 0 Å². The van der Waals surface area contributed by atoms with Crippen molar-refractivity contribution in [2.45, 2.75) is 32.9 Å². The topological polar surface area (TPSA) is 93.5 Å². The van der Waals surface area contributed by atoms with Crippen molar-refractivity contribution in [3.63, 3.8) is 0 Å². The van der Waals surface area contributed by atoms with Gasteiger partial charge in [0.25, 0.3) is 0 Å². The summed E-state index contributed by atoms with van der Waals surface area (Å²) in [6, 6.07) is 0. The molecule has 17 heavy (non-hydrogen) atoms. The Labute approximate surface area is 98.4 Å². The Morgan fingerprint density at radius 2 is 2.18 bits per heavy atom. The lowest BCUT2D eigenvalue weighted by molar-refractivity contribution is -0.137. The molecule has 0 fully saturated rings. The number of nitrogens with one attached hydrogen (secondary N) is 1. The molecule has 0 spiro atoms. The van der Waals surface area contributed by atoms with Crippen LogP contribution in [0.4, 0.5) is 10.7 Å². The molecular formula is C10H15N3O4. The van der Waals surface area contributed by atoms with E-state index in [4.69, 9.17) is 9.84 Å². The van der Waals surface area contributed by atoms with E-state index in [1.807, 2.05) is 0 Å². The quantitative estimate of drug-likeness (QED) is 0.832. The third-order valence-electron chi connectivity index (χ3n) is 1.63. The molecule has 0 saturated carbocycles. The van der Waals surface area contributed by atoms with Crippen molar-refractivity contribution in [2.24, 2.45) is 0 Å². The number of imidazole rings is 1. The van der Waals surface area contributed by atoms with Crippen molar-refractivity contribution in [1.82, 2.24) is 9.55 Å². The number of carboxylic acid groups (broad SMARTS) is 1. The fourth-order valence-corrected chi connectivity index (χ4v) is 1.10. The Bertz CT molecular complexity index is 419. The first-order chi connectivity index (χ1) is 7.78. The maximum absolute atomic E-state index is 11.4. The van der Waals surface area contributed by atoms with Gasteiger partial charge in [-0.2, -0.15) is 0 Å². The van der Waals surface area contributed by atoms with E-state index in [-0.39, 0.29) is 12.5 Å². The molecule has 0 aromatic carbocycles. The fourth-order valence-electron chi connectivity index (χ4n) is 1.10. The predicted octanol–water partition coefficient (Wildman–Crippen LogP) is 1.31. The zero-order valence-electron chi connectivity index (χ0n) is 9.93. The Balaban J connectivity index is 2.65. The van der Waals surface area contributed by atoms with Crippen molar-refractivity contribution in [2.75, 3.05) is 5.32 Å². The van der Waals surface area contributed by atoms with E-state index in [1.165, 1.54) is 17.0 Å². The standard InChI is InChI=1S/C10H15N3O4/c1-10(2,3)17-9(16)12-8-11-4-5-13(8)6-7(14)15/h4-5H,6H2,1-3H3,(H,14,15)(H,11,12,16). The van der Waals surface area contributed by atoms with Crippen LogP contribution in [0.1, 0.15) is 20.8 Å². The van der Waals surface area contributed by atoms with Crippen LogP contribution in [0.2, 0.25) is 0 Å². The molecule has 1 heterocycles. The highest BCUT2D eigenvalue weighted by atomic mass is 16.6. The SMILES string of the molecule is CC(C)(C)OC(=O)Nc1nccn1CC(=O)O. The first kappa shape index (κ1) is 13.0. The maximum atomic E-state index is 11.4. The van der Waals surface area contributed by atoms with Gasteiger partial charge < -0.3 is 14.4 Å². The highest BCUT2D eigenvalue weighted by molar-refractivity contribution is 5.83. The summed E-state index contributed by atoms with van der Waals surface area (Å²) in [5.74, 6) is -0.878. The molecule has 0 aliphatic rings. The summed E-state index contributed by atoms with van der Waals surface area (Å²) < 4.78 is 6.32. The van der Waals surface area contributed by atoms with Crippen LogP contribution >= 0.6 is 0 Å². The zero-order valence-corrected chi connectivity index (χ0v) is 9.93. The van der Waals surface area contributed by atoms with Gasteiger partial charge in [-0.05, 0) is 20.8 Å². The van der Waals surface area contributed by atoms with E-state index >= 15 is 0 Å². The highest BCUT2D eigenvalue weighted by Crippen LogP contribution is 2.10. The zero-order chi connectivity index (χ0) is 13.1. The van der Waals surface area contributed by atoms with Crippen LogP contribution in [0.25, 0.3) is 0 Å². The molecule has 0 saturated heterocycles. The van der Waals surface area contributed by atoms with E-state index in [9.17, 15) is 9.59 Å². The first-order valence-corrected chi connectivity index (χ1v) is 5.01. The van der Waals surface area contributed by atoms with Crippen LogP contribution in [0.5, 0.6) is 0 Å². The number of carboxylic acids is 1. The fraction of sp³-hybridized carbons (Fsp3) is 0.500. The van der Waals surface area contributed by atoms with Crippen LogP contribution < -0.4 is 5.32 Å². The molecule has 1 aromatic heterocycles. The molecule has 0 bridgehead atoms. The maximum Gasteiger partial charge on any atom is 0.414 e. The molecule has 1 aromatic rings. The number of nitrogens with zero attached hydrogens (tertiary/aromatic N) is 2. The van der Waals surface area contributed by atoms with Crippen LogP contribution in [-0.2, 0) is 16.1 Å². The molecule has 0 atom stereocenters. The van der Waals surface area contributed by atoms with Crippen LogP contribution in [-0.4, -0.2) is 32.3 Å². The molecule has 0 aliphatic heterocycles. The summed E-state index contributed by atoms with van der Waals surface area (Å²) >= 11 is 0. The predicted molar refractivity (Wildman–Crippen MR) is 59.7 cm³/mol. The van der Waals surface area contributed by atoms with Gasteiger partial charge in [0.1, 0.15) is 12.1 Å². The lowest BCUT2D eigenvalue weighted by Gasteiger charge is -2.19. The summed E-state index contributed by atoms with van der Waals surface area (Å²) in [6.45, 7) is 4.92. The van der Waals surface area contributed by atoms with Crippen LogP contribution in [0.15, 0.2) is 12.4 Å². The van der Waals surface area contributed by atoms with Crippen molar-refractivity contribution in [3.8, 4) is 0 Å². The van der Waals surface area contributed by atoms with E-state index < -0.39 is 17.7 Å². The molecule has 7 heteroatoms. The third-order valence-corrected chi connectivity index (χ3v) is 1.63. The number of hydrogen-bond acceptors (Lipinski definition) is 4. The second kappa shape index (κ2) is 4.86. The van der Waals surface area contributed by atoms with Gasteiger partial charge in [-0.25, -0.2) is 9.78 Å². The Kier molecular flexibility index (Phi) is 3.72. The number of carbonyl (C=O) groups is 2. The van der Waals surface area contributed by atoms with E-state index in [0.29, 0.717) is 0 Å². The Morgan fingerprint density at radius 1 is 1.53 bits per heavy atom. The van der Waals surface area contributed by atoms with E-state index in [2.05, 4.69) is 10.3 Å². The molecule has 1 amide bonds. The average molecular weight is 241 g/mol. The van der Waals surface area contributed by atoms with Crippen molar-refractivity contribution in [1.29, 1.82) is 0 Å². The first-order valence-electron chi connectivity index (χ1n) is 5.01. The minimum absolute atomic E-state index is 0.140. The van der Waals surface area contributed by atoms with Gasteiger partial charge in [-0.1, -0.05) is 0 Å². The average Bonchev–Trinajstić information content (AvgIpc) is 2.47. The minimum Gasteiger partial charge on any atom is -0.480 e. The summed E-state index contributed by atoms with van der Waals surface area (Å²) in [4.78, 5) is 25.8. The van der Waals surface area contributed by atoms with Crippen molar-refractivity contribution in [3.05, 3.63) is 12.4 Å². The van der Waals surface area contributed by atoms with Gasteiger partial charge in [0, 0.05) is 12.4 Å². The minimum atomic E-state index is -1.02. The second-order valence-electron chi connectivity index (χ2n) is 4.40. The molecule has 7 nitrogen and oxygen atoms in total. The van der Waals surface area contributed by atoms with Crippen molar-refractivity contribution >= 4 is 18.0 Å². The summed E-state index contributed by atoms with van der Waals surface area (Å²) in [5, 5.41) is 11.0. The highest BCUT2D eigenvalue weighted by Gasteiger charge is 2.18. The number of carbonyl (C=O) groups excluding carboxylic acids is 1. The number of ether oxygens (including phenoxy) is 1. The smallest absolute Gasteiger partial charge is 0.414 e. The van der Waals surface area contributed by atoms with Gasteiger partial charge in [-0.3, -0.25) is 10.1 Å². The largest absolute Gasteiger partial charge is 0.480 e. The number of aromatic nitrogens is 2. The van der Waals surface area contributed by atoms with Gasteiger partial charge in [0.2, 0.25) is 5.95 Å².